The summed E-state index contributed by atoms with van der Waals surface area (Å²) in [6.07, 6.45) is -2.87. The molecule has 0 aromatic heterocycles. The van der Waals surface area contributed by atoms with Crippen LogP contribution in [-0.2, 0) is 18.2 Å². The molecule has 0 bridgehead atoms. The molecule has 1 aliphatic carbocycles. The van der Waals surface area contributed by atoms with Crippen LogP contribution in [0.25, 0.3) is 11.1 Å². The zero-order valence-corrected chi connectivity index (χ0v) is 18.0. The lowest BCUT2D eigenvalue weighted by Gasteiger charge is -2.43. The Labute approximate surface area is 185 Å². The van der Waals surface area contributed by atoms with Crippen molar-refractivity contribution in [3.63, 3.8) is 0 Å². The van der Waals surface area contributed by atoms with Gasteiger partial charge in [0, 0.05) is 12.5 Å². The van der Waals surface area contributed by atoms with Gasteiger partial charge in [-0.2, -0.15) is 13.2 Å². The molecule has 3 aromatic rings. The van der Waals surface area contributed by atoms with Gasteiger partial charge >= 0.3 is 6.18 Å². The molecule has 4 rings (SSSR count). The third kappa shape index (κ3) is 4.12. The Balaban J connectivity index is 1.78. The van der Waals surface area contributed by atoms with Crippen molar-refractivity contribution in [1.29, 1.82) is 0 Å². The molecular weight excluding hydrogens is 415 g/mol. The zero-order valence-electron chi connectivity index (χ0n) is 18.0. The lowest BCUT2D eigenvalue weighted by atomic mass is 9.67. The quantitative estimate of drug-likeness (QED) is 0.567. The summed E-state index contributed by atoms with van der Waals surface area (Å²) in [5, 5.41) is 22.1. The summed E-state index contributed by atoms with van der Waals surface area (Å²) in [6.45, 7) is 0.673. The smallest absolute Gasteiger partial charge is 0.416 e. The van der Waals surface area contributed by atoms with E-state index < -0.39 is 17.3 Å². The summed E-state index contributed by atoms with van der Waals surface area (Å²) < 4.78 is 38.7. The van der Waals surface area contributed by atoms with Crippen LogP contribution in [0.2, 0.25) is 0 Å². The largest absolute Gasteiger partial charge is 0.508 e. The summed E-state index contributed by atoms with van der Waals surface area (Å²) in [7, 11) is 3.93. The number of fused-ring (bicyclic) bond motifs is 1. The van der Waals surface area contributed by atoms with Crippen LogP contribution in [0.15, 0.2) is 66.7 Å². The number of alkyl halides is 3. The number of aromatic hydroxyl groups is 1. The van der Waals surface area contributed by atoms with E-state index in [-0.39, 0.29) is 11.7 Å². The molecule has 2 N–H and O–H groups in total. The van der Waals surface area contributed by atoms with Gasteiger partial charge in [-0.3, -0.25) is 0 Å². The van der Waals surface area contributed by atoms with Gasteiger partial charge in [0.25, 0.3) is 0 Å². The second-order valence-electron chi connectivity index (χ2n) is 8.76. The molecule has 3 aromatic carbocycles. The van der Waals surface area contributed by atoms with Crippen LogP contribution in [0.4, 0.5) is 13.2 Å². The van der Waals surface area contributed by atoms with Crippen LogP contribution in [0.5, 0.6) is 5.75 Å². The van der Waals surface area contributed by atoms with Crippen LogP contribution in [0.3, 0.4) is 0 Å². The molecule has 2 atom stereocenters. The number of benzene rings is 3. The first kappa shape index (κ1) is 22.4. The maximum atomic E-state index is 12.9. The summed E-state index contributed by atoms with van der Waals surface area (Å²) in [5.41, 5.74) is 1.91. The zero-order chi connectivity index (χ0) is 23.1. The maximum Gasteiger partial charge on any atom is 0.416 e. The highest BCUT2D eigenvalue weighted by molar-refractivity contribution is 5.66. The van der Waals surface area contributed by atoms with Crippen molar-refractivity contribution in [1.82, 2.24) is 4.90 Å². The van der Waals surface area contributed by atoms with E-state index in [1.54, 1.807) is 18.2 Å². The van der Waals surface area contributed by atoms with Crippen LogP contribution in [0.1, 0.15) is 28.7 Å². The summed E-state index contributed by atoms with van der Waals surface area (Å²) in [6, 6.07) is 17.5. The van der Waals surface area contributed by atoms with Gasteiger partial charge in [-0.05, 0) is 79.0 Å². The molecule has 0 unspecified atom stereocenters. The van der Waals surface area contributed by atoms with Gasteiger partial charge in [-0.1, -0.05) is 42.5 Å². The van der Waals surface area contributed by atoms with Gasteiger partial charge in [0.2, 0.25) is 0 Å². The molecule has 0 amide bonds. The minimum absolute atomic E-state index is 0.0799. The first-order chi connectivity index (χ1) is 15.1. The number of hydrogen-bond acceptors (Lipinski definition) is 3. The molecule has 0 aliphatic heterocycles. The monoisotopic (exact) mass is 441 g/mol. The average molecular weight is 441 g/mol. The van der Waals surface area contributed by atoms with Crippen molar-refractivity contribution >= 4 is 0 Å². The highest BCUT2D eigenvalue weighted by Gasteiger charge is 2.44. The Bertz CT molecular complexity index is 1110. The molecule has 0 radical (unpaired) electrons. The van der Waals surface area contributed by atoms with Crippen LogP contribution >= 0.6 is 0 Å². The van der Waals surface area contributed by atoms with Gasteiger partial charge in [0.1, 0.15) is 11.4 Å². The summed E-state index contributed by atoms with van der Waals surface area (Å²) in [5.74, 6) is 0.0109. The minimum Gasteiger partial charge on any atom is -0.508 e. The summed E-state index contributed by atoms with van der Waals surface area (Å²) in [4.78, 5) is 2.04. The summed E-state index contributed by atoms with van der Waals surface area (Å²) >= 11 is 0. The van der Waals surface area contributed by atoms with E-state index in [0.29, 0.717) is 17.7 Å². The Morgan fingerprint density at radius 3 is 2.28 bits per heavy atom. The van der Waals surface area contributed by atoms with E-state index in [0.717, 1.165) is 41.7 Å². The van der Waals surface area contributed by atoms with E-state index in [1.165, 1.54) is 12.1 Å². The van der Waals surface area contributed by atoms with Gasteiger partial charge < -0.3 is 15.1 Å². The van der Waals surface area contributed by atoms with Gasteiger partial charge in [-0.25, -0.2) is 0 Å². The second-order valence-corrected chi connectivity index (χ2v) is 8.76. The van der Waals surface area contributed by atoms with Crippen LogP contribution in [0, 0.1) is 5.92 Å². The molecule has 0 fully saturated rings. The number of rotatable bonds is 4. The average Bonchev–Trinajstić information content (AvgIpc) is 2.75. The second kappa shape index (κ2) is 8.26. The number of halogens is 3. The molecule has 168 valence electrons. The van der Waals surface area contributed by atoms with Crippen LogP contribution < -0.4 is 0 Å². The van der Waals surface area contributed by atoms with Gasteiger partial charge in [0.15, 0.2) is 0 Å². The fourth-order valence-electron chi connectivity index (χ4n) is 4.76. The van der Waals surface area contributed by atoms with Gasteiger partial charge in [-0.15, -0.1) is 0 Å². The standard InChI is InChI=1S/C26H26F3NO2/c1-30(2)16-22-12-8-19-14-18(17-6-10-20(11-7-17)26(27,28)29)9-13-24(19)25(22,32)21-4-3-5-23(31)15-21/h3-7,9-11,13-15,22,31-32H,8,12,16H2,1-2H3/t22-,25+/m1/s1. The van der Waals surface area contributed by atoms with E-state index in [1.807, 2.05) is 43.3 Å². The Kier molecular flexibility index (Phi) is 5.77. The predicted octanol–water partition coefficient (Wildman–Crippen LogP) is 5.44. The molecule has 3 nitrogen and oxygen atoms in total. The third-order valence-electron chi connectivity index (χ3n) is 6.29. The number of phenolic OH excluding ortho intramolecular Hbond substituents is 1. The minimum atomic E-state index is -4.37. The molecule has 1 aliphatic rings. The number of aliphatic hydroxyl groups is 1. The Morgan fingerprint density at radius 1 is 0.969 bits per heavy atom. The van der Waals surface area contributed by atoms with E-state index >= 15 is 0 Å². The number of phenols is 1. The third-order valence-corrected chi connectivity index (χ3v) is 6.29. The highest BCUT2D eigenvalue weighted by Crippen LogP contribution is 2.46. The fourth-order valence-corrected chi connectivity index (χ4v) is 4.76. The van der Waals surface area contributed by atoms with E-state index in [4.69, 9.17) is 0 Å². The number of aryl methyl sites for hydroxylation is 1. The number of nitrogens with zero attached hydrogens (tertiary/aromatic N) is 1. The predicted molar refractivity (Wildman–Crippen MR) is 118 cm³/mol. The molecule has 32 heavy (non-hydrogen) atoms. The van der Waals surface area contributed by atoms with Crippen molar-refractivity contribution in [3.8, 4) is 16.9 Å². The Hall–Kier alpha value is -2.83. The highest BCUT2D eigenvalue weighted by atomic mass is 19.4. The van der Waals surface area contributed by atoms with E-state index in [2.05, 4.69) is 0 Å². The fraction of sp³-hybridized carbons (Fsp3) is 0.308. The van der Waals surface area contributed by atoms with E-state index in [9.17, 15) is 23.4 Å². The Morgan fingerprint density at radius 2 is 1.66 bits per heavy atom. The van der Waals surface area contributed by atoms with Crippen molar-refractivity contribution in [3.05, 3.63) is 89.0 Å². The first-order valence-corrected chi connectivity index (χ1v) is 10.6. The van der Waals surface area contributed by atoms with Gasteiger partial charge in [0.05, 0.1) is 5.56 Å². The lowest BCUT2D eigenvalue weighted by molar-refractivity contribution is -0.137. The van der Waals surface area contributed by atoms with Crippen LogP contribution in [-0.4, -0.2) is 35.8 Å². The molecule has 6 heteroatoms. The molecule has 0 spiro atoms. The van der Waals surface area contributed by atoms with Crippen molar-refractivity contribution in [2.24, 2.45) is 5.92 Å². The lowest BCUT2D eigenvalue weighted by Crippen LogP contribution is -2.45. The molecule has 0 heterocycles. The van der Waals surface area contributed by atoms with Crippen molar-refractivity contribution in [2.75, 3.05) is 20.6 Å². The molecule has 0 saturated heterocycles. The molecule has 0 saturated carbocycles. The number of hydrogen-bond donors (Lipinski definition) is 2. The SMILES string of the molecule is CN(C)C[C@H]1CCc2cc(-c3ccc(C(F)(F)F)cc3)ccc2[C@]1(O)c1cccc(O)c1. The van der Waals surface area contributed by atoms with Crippen molar-refractivity contribution < 1.29 is 23.4 Å². The topological polar surface area (TPSA) is 43.7 Å². The van der Waals surface area contributed by atoms with Crippen molar-refractivity contribution in [2.45, 2.75) is 24.6 Å². The normalized spacial score (nSPS) is 20.9. The molecular formula is C26H26F3NO2. The first-order valence-electron chi connectivity index (χ1n) is 10.6. The maximum absolute atomic E-state index is 12.9.